The lowest BCUT2D eigenvalue weighted by molar-refractivity contribution is -0.323. The van der Waals surface area contributed by atoms with E-state index in [-0.39, 0.29) is 12.3 Å². The van der Waals surface area contributed by atoms with E-state index in [2.05, 4.69) is 8.92 Å². The number of aliphatic hydroxyl groups is 2. The van der Waals surface area contributed by atoms with Crippen molar-refractivity contribution in [3.63, 3.8) is 0 Å². The van der Waals surface area contributed by atoms with Crippen LogP contribution < -0.4 is 17.4 Å². The maximum absolute atomic E-state index is 11.2. The van der Waals surface area contributed by atoms with Gasteiger partial charge in [-0.05, 0) is 5.76 Å². The normalized spacial score (nSPS) is 20.6. The minimum absolute atomic E-state index is 0. The second-order valence-corrected chi connectivity index (χ2v) is 3.74. The van der Waals surface area contributed by atoms with E-state index in [0.29, 0.717) is 0 Å². The van der Waals surface area contributed by atoms with E-state index in [1.54, 1.807) is 0 Å². The van der Waals surface area contributed by atoms with Crippen LogP contribution in [0.4, 0.5) is 0 Å². The average molecular weight is 290 g/mol. The van der Waals surface area contributed by atoms with Crippen molar-refractivity contribution in [3.05, 3.63) is 11.5 Å². The lowest BCUT2D eigenvalue weighted by Gasteiger charge is -2.20. The lowest BCUT2D eigenvalue weighted by Crippen LogP contribution is -2.35. The molecule has 0 amide bonds. The summed E-state index contributed by atoms with van der Waals surface area (Å²) < 4.78 is 38.2. The number of cyclic esters (lactones) is 1. The van der Waals surface area contributed by atoms with Gasteiger partial charge in [-0.2, -0.15) is 0 Å². The van der Waals surface area contributed by atoms with Gasteiger partial charge in [-0.15, -0.1) is 0 Å². The Hall–Kier alpha value is -1.44. The fourth-order valence-corrected chi connectivity index (χ4v) is 1.33. The summed E-state index contributed by atoms with van der Waals surface area (Å²) in [5.41, 5.74) is 0. The van der Waals surface area contributed by atoms with Gasteiger partial charge >= 0.3 is 5.97 Å². The minimum Gasteiger partial charge on any atom is -0.870 e. The van der Waals surface area contributed by atoms with Gasteiger partial charge < -0.3 is 41.1 Å². The molecule has 0 aliphatic carbocycles. The molecule has 1 rings (SSSR count). The number of hydrogen-bond donors (Lipinski definition) is 4. The van der Waals surface area contributed by atoms with Crippen molar-refractivity contribution in [3.8, 4) is 0 Å². The Labute approximate surface area is 102 Å². The first-order chi connectivity index (χ1) is 7.26. The molecule has 0 radical (unpaired) electrons. The Morgan fingerprint density at radius 3 is 2.33 bits per heavy atom. The number of carbonyl (C=O) groups is 1. The molecule has 0 unspecified atom stereocenters. The predicted molar refractivity (Wildman–Crippen MR) is 52.8 cm³/mol. The van der Waals surface area contributed by atoms with Gasteiger partial charge in [-0.25, -0.2) is 13.2 Å². The summed E-state index contributed by atoms with van der Waals surface area (Å²) in [6.07, 6.45) is -3.49. The molecule has 18 heavy (non-hydrogen) atoms. The topological polar surface area (TPSA) is 229 Å². The van der Waals surface area contributed by atoms with E-state index in [1.807, 2.05) is 0 Å². The highest BCUT2D eigenvalue weighted by Gasteiger charge is 2.35. The van der Waals surface area contributed by atoms with Crippen molar-refractivity contribution in [1.82, 2.24) is 12.3 Å². The molecule has 12 heteroatoms. The average Bonchev–Trinajstić information content (AvgIpc) is 2.42. The van der Waals surface area contributed by atoms with E-state index in [1.165, 1.54) is 0 Å². The quantitative estimate of drug-likeness (QED) is 0.235. The van der Waals surface area contributed by atoms with Gasteiger partial charge in [-0.1, -0.05) is 0 Å². The fraction of sp³-hybridized carbons (Fsp3) is 0.500. The highest BCUT2D eigenvalue weighted by Crippen LogP contribution is 2.23. The Bertz CT molecular complexity index is 430. The number of aliphatic hydroxyl groups excluding tert-OH is 2. The molecule has 2 atom stereocenters. The molecule has 108 valence electrons. The van der Waals surface area contributed by atoms with Crippen LogP contribution in [0.5, 0.6) is 0 Å². The van der Waals surface area contributed by atoms with Crippen molar-refractivity contribution in [2.75, 3.05) is 6.61 Å². The highest BCUT2D eigenvalue weighted by molar-refractivity contribution is 7.80. The molecule has 0 bridgehead atoms. The van der Waals surface area contributed by atoms with Gasteiger partial charge in [0, 0.05) is 0 Å². The number of quaternary nitrogens is 2. The summed E-state index contributed by atoms with van der Waals surface area (Å²) in [5.74, 6) is -4.12. The SMILES string of the molecule is O=C1O[C@H]([C@@H](O)CO)C([O-])=C1OS(=O)(=O)[O-].[NH4+].[NH4+]. The lowest BCUT2D eigenvalue weighted by atomic mass is 10.2. The van der Waals surface area contributed by atoms with E-state index in [0.717, 1.165) is 0 Å². The number of carbonyl (C=O) groups excluding carboxylic acids is 1. The van der Waals surface area contributed by atoms with E-state index >= 15 is 0 Å². The fourth-order valence-electron chi connectivity index (χ4n) is 0.978. The standard InChI is InChI=1S/C6H8O9S.2H3N/c7-1-2(8)4-3(9)5(6(10)14-4)15-16(11,12)13;;/h2,4,7-9H,1H2,(H,11,12,13);2*1H3/t2-,4+;;/m0../s1. The van der Waals surface area contributed by atoms with Crippen LogP contribution in [0.2, 0.25) is 0 Å². The Morgan fingerprint density at radius 1 is 1.44 bits per heavy atom. The highest BCUT2D eigenvalue weighted by atomic mass is 32.3. The molecule has 0 aromatic rings. The maximum atomic E-state index is 11.2. The third-order valence-electron chi connectivity index (χ3n) is 1.62. The predicted octanol–water partition coefficient (Wildman–Crippen LogP) is -2.93. The van der Waals surface area contributed by atoms with Crippen LogP contribution in [0.1, 0.15) is 0 Å². The van der Waals surface area contributed by atoms with Crippen molar-refractivity contribution < 1.29 is 42.0 Å². The Balaban J connectivity index is 0. The van der Waals surface area contributed by atoms with Crippen LogP contribution in [0.15, 0.2) is 11.5 Å². The molecular formula is C6H14N2O9S. The first-order valence-electron chi connectivity index (χ1n) is 3.82. The molecule has 1 aliphatic rings. The van der Waals surface area contributed by atoms with Crippen LogP contribution in [-0.4, -0.2) is 48.0 Å². The third-order valence-corrected chi connectivity index (χ3v) is 1.99. The van der Waals surface area contributed by atoms with E-state index < -0.39 is 46.7 Å². The summed E-state index contributed by atoms with van der Waals surface area (Å²) in [6.45, 7) is -0.888. The molecule has 0 aromatic carbocycles. The van der Waals surface area contributed by atoms with Crippen LogP contribution in [-0.2, 0) is 24.1 Å². The van der Waals surface area contributed by atoms with Crippen LogP contribution in [0.25, 0.3) is 0 Å². The number of rotatable bonds is 4. The van der Waals surface area contributed by atoms with Crippen molar-refractivity contribution in [1.29, 1.82) is 0 Å². The summed E-state index contributed by atoms with van der Waals surface area (Å²) in [5, 5.41) is 28.7. The maximum Gasteiger partial charge on any atom is 0.375 e. The third kappa shape index (κ3) is 4.10. The van der Waals surface area contributed by atoms with Gasteiger partial charge in [0.1, 0.15) is 12.2 Å². The molecule has 1 heterocycles. The summed E-state index contributed by atoms with van der Waals surface area (Å²) in [6, 6.07) is 0. The molecule has 0 spiro atoms. The molecule has 0 saturated heterocycles. The zero-order valence-corrected chi connectivity index (χ0v) is 10.3. The van der Waals surface area contributed by atoms with Crippen LogP contribution in [0, 0.1) is 0 Å². The van der Waals surface area contributed by atoms with Gasteiger partial charge in [0.05, 0.1) is 6.61 Å². The van der Waals surface area contributed by atoms with Crippen molar-refractivity contribution in [2.45, 2.75) is 12.2 Å². The monoisotopic (exact) mass is 290 g/mol. The molecule has 0 aromatic heterocycles. The first-order valence-corrected chi connectivity index (χ1v) is 5.16. The van der Waals surface area contributed by atoms with E-state index in [4.69, 9.17) is 10.2 Å². The van der Waals surface area contributed by atoms with Gasteiger partial charge in [0.25, 0.3) is 10.4 Å². The number of ether oxygens (including phenoxy) is 1. The van der Waals surface area contributed by atoms with Gasteiger partial charge in [-0.3, -0.25) is 0 Å². The Kier molecular flexibility index (Phi) is 6.81. The molecule has 0 saturated carbocycles. The van der Waals surface area contributed by atoms with Crippen molar-refractivity contribution in [2.24, 2.45) is 0 Å². The molecule has 0 fully saturated rings. The van der Waals surface area contributed by atoms with Gasteiger partial charge in [0.15, 0.2) is 0 Å². The smallest absolute Gasteiger partial charge is 0.375 e. The van der Waals surface area contributed by atoms with Crippen molar-refractivity contribution >= 4 is 16.4 Å². The molecular weight excluding hydrogens is 276 g/mol. The van der Waals surface area contributed by atoms with Gasteiger partial charge in [0.2, 0.25) is 5.76 Å². The zero-order chi connectivity index (χ0) is 12.5. The zero-order valence-electron chi connectivity index (χ0n) is 9.52. The molecule has 11 nitrogen and oxygen atoms in total. The molecule has 1 aliphatic heterocycles. The summed E-state index contributed by atoms with van der Waals surface area (Å²) in [7, 11) is -5.28. The van der Waals surface area contributed by atoms with E-state index in [9.17, 15) is 22.9 Å². The van der Waals surface area contributed by atoms with Crippen LogP contribution >= 0.6 is 0 Å². The van der Waals surface area contributed by atoms with Crippen LogP contribution in [0.3, 0.4) is 0 Å². The minimum atomic E-state index is -5.28. The number of esters is 1. The summed E-state index contributed by atoms with van der Waals surface area (Å²) in [4.78, 5) is 10.9. The summed E-state index contributed by atoms with van der Waals surface area (Å²) >= 11 is 0. The first kappa shape index (κ1) is 18.9. The second-order valence-electron chi connectivity index (χ2n) is 2.76. The molecule has 10 N–H and O–H groups in total. The largest absolute Gasteiger partial charge is 0.870 e. The number of hydrogen-bond acceptors (Lipinski definition) is 9. The Morgan fingerprint density at radius 2 is 1.94 bits per heavy atom. The second kappa shape index (κ2) is 6.48.